The van der Waals surface area contributed by atoms with Crippen LogP contribution in [-0.4, -0.2) is 25.2 Å². The molecule has 2 atom stereocenters. The lowest BCUT2D eigenvalue weighted by Crippen LogP contribution is -2.42. The van der Waals surface area contributed by atoms with Crippen molar-refractivity contribution in [2.45, 2.75) is 38.2 Å². The Bertz CT molecular complexity index is 966. The van der Waals surface area contributed by atoms with Gasteiger partial charge in [-0.05, 0) is 53.8 Å². The number of rotatable bonds is 6. The first-order valence-electron chi connectivity index (χ1n) is 10.9. The van der Waals surface area contributed by atoms with E-state index in [0.29, 0.717) is 12.1 Å². The van der Waals surface area contributed by atoms with Crippen molar-refractivity contribution >= 4 is 5.97 Å². The van der Waals surface area contributed by atoms with Gasteiger partial charge in [-0.25, -0.2) is 4.79 Å². The van der Waals surface area contributed by atoms with Crippen LogP contribution in [0.15, 0.2) is 78.9 Å². The quantitative estimate of drug-likeness (QED) is 0.548. The van der Waals surface area contributed by atoms with E-state index in [1.165, 1.54) is 16.7 Å². The van der Waals surface area contributed by atoms with Gasteiger partial charge in [-0.2, -0.15) is 0 Å². The van der Waals surface area contributed by atoms with Crippen molar-refractivity contribution in [3.63, 3.8) is 0 Å². The van der Waals surface area contributed by atoms with Gasteiger partial charge in [0.05, 0.1) is 5.56 Å². The molecule has 1 saturated heterocycles. The first-order valence-corrected chi connectivity index (χ1v) is 10.9. The van der Waals surface area contributed by atoms with E-state index in [9.17, 15) is 4.79 Å². The number of piperidine rings is 1. The summed E-state index contributed by atoms with van der Waals surface area (Å²) in [7, 11) is 0. The van der Waals surface area contributed by atoms with Crippen LogP contribution in [0.2, 0.25) is 0 Å². The lowest BCUT2D eigenvalue weighted by atomic mass is 9.88. The molecule has 1 aliphatic heterocycles. The number of esters is 1. The lowest BCUT2D eigenvalue weighted by molar-refractivity contribution is 0.0182. The average molecular weight is 400 g/mol. The highest BCUT2D eigenvalue weighted by atomic mass is 16.5. The van der Waals surface area contributed by atoms with Crippen molar-refractivity contribution in [3.8, 4) is 11.1 Å². The highest BCUT2D eigenvalue weighted by Gasteiger charge is 2.29. The van der Waals surface area contributed by atoms with Gasteiger partial charge in [0.15, 0.2) is 0 Å². The van der Waals surface area contributed by atoms with E-state index in [1.807, 2.05) is 42.5 Å². The Morgan fingerprint density at radius 2 is 1.77 bits per heavy atom. The van der Waals surface area contributed by atoms with E-state index < -0.39 is 0 Å². The second kappa shape index (κ2) is 9.73. The fourth-order valence-corrected chi connectivity index (χ4v) is 4.23. The van der Waals surface area contributed by atoms with Crippen molar-refractivity contribution in [1.29, 1.82) is 0 Å². The lowest BCUT2D eigenvalue weighted by Gasteiger charge is -2.32. The van der Waals surface area contributed by atoms with Crippen molar-refractivity contribution in [1.82, 2.24) is 5.32 Å². The van der Waals surface area contributed by atoms with E-state index in [4.69, 9.17) is 4.74 Å². The van der Waals surface area contributed by atoms with E-state index in [-0.39, 0.29) is 18.0 Å². The van der Waals surface area contributed by atoms with E-state index in [0.717, 1.165) is 31.4 Å². The third-order valence-corrected chi connectivity index (χ3v) is 5.83. The third-order valence-electron chi connectivity index (χ3n) is 5.83. The second-order valence-corrected chi connectivity index (χ2v) is 7.98. The van der Waals surface area contributed by atoms with E-state index in [1.54, 1.807) is 0 Å². The van der Waals surface area contributed by atoms with Gasteiger partial charge in [-0.3, -0.25) is 0 Å². The Morgan fingerprint density at radius 3 is 2.53 bits per heavy atom. The zero-order valence-corrected chi connectivity index (χ0v) is 17.5. The van der Waals surface area contributed by atoms with Crippen molar-refractivity contribution in [2.24, 2.45) is 0 Å². The van der Waals surface area contributed by atoms with E-state index >= 15 is 0 Å². The van der Waals surface area contributed by atoms with Crippen molar-refractivity contribution < 1.29 is 9.53 Å². The molecule has 0 radical (unpaired) electrons. The molecule has 1 aliphatic rings. The van der Waals surface area contributed by atoms with Gasteiger partial charge in [0.2, 0.25) is 0 Å². The number of hydrogen-bond donors (Lipinski definition) is 1. The van der Waals surface area contributed by atoms with Gasteiger partial charge < -0.3 is 10.1 Å². The van der Waals surface area contributed by atoms with Gasteiger partial charge in [0.1, 0.15) is 6.10 Å². The van der Waals surface area contributed by atoms with Gasteiger partial charge in [-0.1, -0.05) is 80.1 Å². The molecular formula is C27H29NO2. The molecule has 3 nitrogen and oxygen atoms in total. The minimum atomic E-state index is -0.254. The molecule has 30 heavy (non-hydrogen) atoms. The van der Waals surface area contributed by atoms with Crippen LogP contribution in [0, 0.1) is 0 Å². The molecule has 0 unspecified atom stereocenters. The number of carbonyl (C=O) groups is 1. The number of carbonyl (C=O) groups excluding carboxylic acids is 1. The molecule has 0 aliphatic carbocycles. The first-order chi connectivity index (χ1) is 14.7. The van der Waals surface area contributed by atoms with Crippen LogP contribution in [0.5, 0.6) is 0 Å². The van der Waals surface area contributed by atoms with Crippen LogP contribution in [0.3, 0.4) is 0 Å². The molecule has 3 aromatic carbocycles. The van der Waals surface area contributed by atoms with Crippen LogP contribution in [0.4, 0.5) is 0 Å². The summed E-state index contributed by atoms with van der Waals surface area (Å²) < 4.78 is 5.94. The maximum absolute atomic E-state index is 12.8. The molecular weight excluding hydrogens is 370 g/mol. The SMILES string of the molecule is CCCc1cccc(-c2ccc(C(=O)O[C@@H]3CNCC[C@H]3c3ccccc3)cc2)c1. The molecule has 0 aromatic heterocycles. The largest absolute Gasteiger partial charge is 0.457 e. The van der Waals surface area contributed by atoms with Crippen LogP contribution in [0.25, 0.3) is 11.1 Å². The first kappa shape index (κ1) is 20.4. The Kier molecular flexibility index (Phi) is 6.60. The number of nitrogens with one attached hydrogen (secondary N) is 1. The molecule has 154 valence electrons. The number of ether oxygens (including phenoxy) is 1. The van der Waals surface area contributed by atoms with Crippen LogP contribution < -0.4 is 5.32 Å². The summed E-state index contributed by atoms with van der Waals surface area (Å²) in [6, 6.07) is 26.7. The summed E-state index contributed by atoms with van der Waals surface area (Å²) in [6.07, 6.45) is 3.03. The average Bonchev–Trinajstić information content (AvgIpc) is 2.80. The van der Waals surface area contributed by atoms with Crippen molar-refractivity contribution in [2.75, 3.05) is 13.1 Å². The molecule has 1 heterocycles. The Labute approximate surface area is 179 Å². The summed E-state index contributed by atoms with van der Waals surface area (Å²) in [6.45, 7) is 3.82. The second-order valence-electron chi connectivity index (χ2n) is 7.98. The van der Waals surface area contributed by atoms with Gasteiger partial charge in [-0.15, -0.1) is 0 Å². The Morgan fingerprint density at radius 1 is 0.967 bits per heavy atom. The van der Waals surface area contributed by atoms with Crippen molar-refractivity contribution in [3.05, 3.63) is 95.6 Å². The van der Waals surface area contributed by atoms with Crippen LogP contribution in [-0.2, 0) is 11.2 Å². The zero-order chi connectivity index (χ0) is 20.8. The number of aryl methyl sites for hydroxylation is 1. The maximum atomic E-state index is 12.8. The summed E-state index contributed by atoms with van der Waals surface area (Å²) in [5.74, 6) is -0.0205. The van der Waals surface area contributed by atoms with E-state index in [2.05, 4.69) is 48.6 Å². The topological polar surface area (TPSA) is 38.3 Å². The smallest absolute Gasteiger partial charge is 0.338 e. The highest BCUT2D eigenvalue weighted by molar-refractivity contribution is 5.90. The third kappa shape index (κ3) is 4.80. The van der Waals surface area contributed by atoms with Gasteiger partial charge in [0, 0.05) is 12.5 Å². The molecule has 0 spiro atoms. The van der Waals surface area contributed by atoms with Gasteiger partial charge >= 0.3 is 5.97 Å². The number of benzene rings is 3. The van der Waals surface area contributed by atoms with Gasteiger partial charge in [0.25, 0.3) is 0 Å². The molecule has 0 saturated carbocycles. The fourth-order valence-electron chi connectivity index (χ4n) is 4.23. The predicted molar refractivity (Wildman–Crippen MR) is 122 cm³/mol. The summed E-state index contributed by atoms with van der Waals surface area (Å²) in [5, 5.41) is 3.36. The molecule has 0 amide bonds. The molecule has 3 aromatic rings. The molecule has 3 heteroatoms. The summed E-state index contributed by atoms with van der Waals surface area (Å²) in [5.41, 5.74) is 5.47. The maximum Gasteiger partial charge on any atom is 0.338 e. The van der Waals surface area contributed by atoms with Crippen LogP contribution >= 0.6 is 0 Å². The standard InChI is InChI=1S/C27H29NO2/c1-2-7-20-8-6-11-24(18-20)21-12-14-23(15-13-21)27(29)30-26-19-28-17-16-25(26)22-9-4-3-5-10-22/h3-6,8-15,18,25-26,28H,2,7,16-17,19H2,1H3/t25-,26+/m0/s1. The minimum absolute atomic E-state index is 0.154. The Hall–Kier alpha value is -2.91. The summed E-state index contributed by atoms with van der Waals surface area (Å²) in [4.78, 5) is 12.8. The molecule has 0 bridgehead atoms. The fraction of sp³-hybridized carbons (Fsp3) is 0.296. The molecule has 1 fully saturated rings. The van der Waals surface area contributed by atoms with Crippen LogP contribution in [0.1, 0.15) is 47.2 Å². The normalized spacial score (nSPS) is 18.7. The summed E-state index contributed by atoms with van der Waals surface area (Å²) >= 11 is 0. The predicted octanol–water partition coefficient (Wildman–Crippen LogP) is 5.61. The zero-order valence-electron chi connectivity index (χ0n) is 17.5. The Balaban J connectivity index is 1.46. The number of hydrogen-bond acceptors (Lipinski definition) is 3. The monoisotopic (exact) mass is 399 g/mol. The minimum Gasteiger partial charge on any atom is -0.457 e. The highest BCUT2D eigenvalue weighted by Crippen LogP contribution is 2.28. The molecule has 1 N–H and O–H groups in total. The molecule has 4 rings (SSSR count).